The number of nitrogens with one attached hydrogen (secondary N) is 2. The number of hydrogen-bond donors (Lipinski definition) is 4. The first-order chi connectivity index (χ1) is 9.28. The monoisotopic (exact) mass is 257 g/mol. The molecule has 0 amide bonds. The third kappa shape index (κ3) is 4.19. The van der Waals surface area contributed by atoms with Crippen molar-refractivity contribution in [1.82, 2.24) is 0 Å². The van der Waals surface area contributed by atoms with E-state index in [0.29, 0.717) is 6.54 Å². The summed E-state index contributed by atoms with van der Waals surface area (Å²) < 4.78 is 0. The van der Waals surface area contributed by atoms with Gasteiger partial charge in [0.05, 0.1) is 6.61 Å². The van der Waals surface area contributed by atoms with E-state index in [4.69, 9.17) is 10.8 Å². The molecule has 0 fully saturated rings. The molecule has 100 valence electrons. The molecule has 0 radical (unpaired) electrons. The molecule has 0 aliphatic heterocycles. The topological polar surface area (TPSA) is 70.3 Å². The molecule has 0 atom stereocenters. The van der Waals surface area contributed by atoms with Gasteiger partial charge in [-0.3, -0.25) is 0 Å². The number of rotatable bonds is 6. The Kier molecular flexibility index (Phi) is 4.64. The third-order valence-electron chi connectivity index (χ3n) is 2.80. The summed E-state index contributed by atoms with van der Waals surface area (Å²) in [6, 6.07) is 15.8. The Bertz CT molecular complexity index is 494. The predicted molar refractivity (Wildman–Crippen MR) is 80.2 cm³/mol. The summed E-state index contributed by atoms with van der Waals surface area (Å²) in [5, 5.41) is 15.2. The van der Waals surface area contributed by atoms with Gasteiger partial charge in [-0.1, -0.05) is 12.1 Å². The predicted octanol–water partition coefficient (Wildman–Crippen LogP) is 2.29. The van der Waals surface area contributed by atoms with E-state index in [9.17, 15) is 0 Å². The first-order valence-electron chi connectivity index (χ1n) is 6.31. The van der Waals surface area contributed by atoms with E-state index in [1.54, 1.807) is 0 Å². The van der Waals surface area contributed by atoms with Crippen LogP contribution in [0.4, 0.5) is 17.1 Å². The van der Waals surface area contributed by atoms with E-state index in [0.717, 1.165) is 23.6 Å². The Balaban J connectivity index is 1.87. The minimum absolute atomic E-state index is 0.139. The SMILES string of the molecule is Nc1ccc(NCc2ccc(NCCO)cc2)cc1. The van der Waals surface area contributed by atoms with Gasteiger partial charge >= 0.3 is 0 Å². The molecule has 0 saturated carbocycles. The number of nitrogen functional groups attached to an aromatic ring is 1. The van der Waals surface area contributed by atoms with Crippen LogP contribution in [0.1, 0.15) is 5.56 Å². The Morgan fingerprint density at radius 1 is 0.842 bits per heavy atom. The van der Waals surface area contributed by atoms with Crippen molar-refractivity contribution in [3.63, 3.8) is 0 Å². The van der Waals surface area contributed by atoms with Crippen molar-refractivity contribution in [3.8, 4) is 0 Å². The number of hydrogen-bond acceptors (Lipinski definition) is 4. The zero-order valence-corrected chi connectivity index (χ0v) is 10.8. The smallest absolute Gasteiger partial charge is 0.0604 e. The number of nitrogens with two attached hydrogens (primary N) is 1. The molecule has 0 unspecified atom stereocenters. The van der Waals surface area contributed by atoms with E-state index >= 15 is 0 Å². The maximum atomic E-state index is 8.73. The minimum Gasteiger partial charge on any atom is -0.399 e. The van der Waals surface area contributed by atoms with Crippen molar-refractivity contribution < 1.29 is 5.11 Å². The van der Waals surface area contributed by atoms with Crippen molar-refractivity contribution in [2.75, 3.05) is 29.5 Å². The highest BCUT2D eigenvalue weighted by atomic mass is 16.3. The van der Waals surface area contributed by atoms with Crippen LogP contribution in [0.2, 0.25) is 0 Å². The van der Waals surface area contributed by atoms with Crippen LogP contribution < -0.4 is 16.4 Å². The van der Waals surface area contributed by atoms with Gasteiger partial charge in [-0.05, 0) is 42.0 Å². The maximum absolute atomic E-state index is 8.73. The summed E-state index contributed by atoms with van der Waals surface area (Å²) in [4.78, 5) is 0. The van der Waals surface area contributed by atoms with E-state index in [1.807, 2.05) is 36.4 Å². The van der Waals surface area contributed by atoms with E-state index in [-0.39, 0.29) is 6.61 Å². The summed E-state index contributed by atoms with van der Waals surface area (Å²) in [5.41, 5.74) is 9.68. The minimum atomic E-state index is 0.139. The van der Waals surface area contributed by atoms with Crippen LogP contribution in [0.15, 0.2) is 48.5 Å². The lowest BCUT2D eigenvalue weighted by Gasteiger charge is -2.08. The van der Waals surface area contributed by atoms with Gasteiger partial charge in [-0.25, -0.2) is 0 Å². The van der Waals surface area contributed by atoms with Gasteiger partial charge in [0.1, 0.15) is 0 Å². The molecule has 0 bridgehead atoms. The summed E-state index contributed by atoms with van der Waals surface area (Å²) in [6.07, 6.45) is 0. The Hall–Kier alpha value is -2.20. The van der Waals surface area contributed by atoms with Crippen LogP contribution in [0.25, 0.3) is 0 Å². The second-order valence-electron chi connectivity index (χ2n) is 4.32. The molecule has 4 nitrogen and oxygen atoms in total. The lowest BCUT2D eigenvalue weighted by Crippen LogP contribution is -2.05. The number of aliphatic hydroxyl groups is 1. The highest BCUT2D eigenvalue weighted by Crippen LogP contribution is 2.13. The summed E-state index contributed by atoms with van der Waals surface area (Å²) in [6.45, 7) is 1.48. The van der Waals surface area contributed by atoms with E-state index < -0.39 is 0 Å². The second-order valence-corrected chi connectivity index (χ2v) is 4.32. The molecule has 0 aliphatic carbocycles. The molecular weight excluding hydrogens is 238 g/mol. The Labute approximate surface area is 113 Å². The second kappa shape index (κ2) is 6.66. The molecule has 2 aromatic rings. The first kappa shape index (κ1) is 13.2. The molecule has 0 aliphatic rings. The summed E-state index contributed by atoms with van der Waals surface area (Å²) >= 11 is 0. The van der Waals surface area contributed by atoms with Crippen LogP contribution >= 0.6 is 0 Å². The van der Waals surface area contributed by atoms with Gasteiger partial charge in [0, 0.05) is 30.2 Å². The molecule has 0 spiro atoms. The fourth-order valence-electron chi connectivity index (χ4n) is 1.75. The summed E-state index contributed by atoms with van der Waals surface area (Å²) in [5.74, 6) is 0. The van der Waals surface area contributed by atoms with Crippen LogP contribution in [0.3, 0.4) is 0 Å². The molecule has 0 heterocycles. The van der Waals surface area contributed by atoms with Gasteiger partial charge in [-0.15, -0.1) is 0 Å². The molecule has 0 saturated heterocycles. The zero-order chi connectivity index (χ0) is 13.5. The van der Waals surface area contributed by atoms with Gasteiger partial charge in [0.25, 0.3) is 0 Å². The van der Waals surface area contributed by atoms with Crippen molar-refractivity contribution in [2.24, 2.45) is 0 Å². The molecule has 19 heavy (non-hydrogen) atoms. The Morgan fingerprint density at radius 3 is 2.05 bits per heavy atom. The highest BCUT2D eigenvalue weighted by molar-refractivity contribution is 5.52. The lowest BCUT2D eigenvalue weighted by atomic mass is 10.2. The summed E-state index contributed by atoms with van der Waals surface area (Å²) in [7, 11) is 0. The average molecular weight is 257 g/mol. The van der Waals surface area contributed by atoms with E-state index in [2.05, 4.69) is 22.8 Å². The molecule has 2 aromatic carbocycles. The largest absolute Gasteiger partial charge is 0.399 e. The normalized spacial score (nSPS) is 10.2. The van der Waals surface area contributed by atoms with Crippen molar-refractivity contribution in [1.29, 1.82) is 0 Å². The lowest BCUT2D eigenvalue weighted by molar-refractivity contribution is 0.311. The average Bonchev–Trinajstić information content (AvgIpc) is 2.46. The molecule has 2 rings (SSSR count). The first-order valence-corrected chi connectivity index (χ1v) is 6.31. The standard InChI is InChI=1S/C15H19N3O/c16-13-3-7-15(8-4-13)18-11-12-1-5-14(6-2-12)17-9-10-19/h1-8,17-19H,9-11,16H2. The van der Waals surface area contributed by atoms with Gasteiger partial charge < -0.3 is 21.5 Å². The molecule has 0 aromatic heterocycles. The fraction of sp³-hybridized carbons (Fsp3) is 0.200. The molecule has 5 N–H and O–H groups in total. The zero-order valence-electron chi connectivity index (χ0n) is 10.8. The maximum Gasteiger partial charge on any atom is 0.0604 e. The van der Waals surface area contributed by atoms with E-state index in [1.165, 1.54) is 5.56 Å². The highest BCUT2D eigenvalue weighted by Gasteiger charge is 1.95. The number of benzene rings is 2. The van der Waals surface area contributed by atoms with Crippen LogP contribution in [0.5, 0.6) is 0 Å². The van der Waals surface area contributed by atoms with Gasteiger partial charge in [-0.2, -0.15) is 0 Å². The quantitative estimate of drug-likeness (QED) is 0.599. The van der Waals surface area contributed by atoms with Crippen molar-refractivity contribution in [3.05, 3.63) is 54.1 Å². The molecule has 4 heteroatoms. The Morgan fingerprint density at radius 2 is 1.42 bits per heavy atom. The van der Waals surface area contributed by atoms with Crippen LogP contribution in [-0.4, -0.2) is 18.3 Å². The van der Waals surface area contributed by atoms with Crippen LogP contribution in [0, 0.1) is 0 Å². The fourth-order valence-corrected chi connectivity index (χ4v) is 1.75. The van der Waals surface area contributed by atoms with Crippen LogP contribution in [-0.2, 0) is 6.54 Å². The number of aliphatic hydroxyl groups excluding tert-OH is 1. The van der Waals surface area contributed by atoms with Crippen molar-refractivity contribution >= 4 is 17.1 Å². The molecular formula is C15H19N3O. The number of anilines is 3. The van der Waals surface area contributed by atoms with Gasteiger partial charge in [0.2, 0.25) is 0 Å². The van der Waals surface area contributed by atoms with Crippen molar-refractivity contribution in [2.45, 2.75) is 6.54 Å². The van der Waals surface area contributed by atoms with Gasteiger partial charge in [0.15, 0.2) is 0 Å². The third-order valence-corrected chi connectivity index (χ3v) is 2.80.